The summed E-state index contributed by atoms with van der Waals surface area (Å²) >= 11 is 0. The van der Waals surface area contributed by atoms with Crippen molar-refractivity contribution in [2.75, 3.05) is 0 Å². The predicted molar refractivity (Wildman–Crippen MR) is 162 cm³/mol. The van der Waals surface area contributed by atoms with Crippen molar-refractivity contribution in [3.05, 3.63) is 129 Å². The molecule has 0 fully saturated rings. The lowest BCUT2D eigenvalue weighted by atomic mass is 9.84. The van der Waals surface area contributed by atoms with Crippen LogP contribution in [-0.2, 0) is 10.8 Å². The van der Waals surface area contributed by atoms with E-state index in [0.29, 0.717) is 22.3 Å². The van der Waals surface area contributed by atoms with Crippen LogP contribution in [0.1, 0.15) is 95.6 Å². The van der Waals surface area contributed by atoms with Crippen molar-refractivity contribution in [3.63, 3.8) is 0 Å². The molecule has 0 heterocycles. The first-order valence-corrected chi connectivity index (χ1v) is 13.4. The number of phenolic OH excluding ortho intramolecular Hbond substituents is 2. The molecule has 4 rings (SSSR count). The van der Waals surface area contributed by atoms with Crippen LogP contribution in [0.5, 0.6) is 11.5 Å². The number of benzene rings is 4. The van der Waals surface area contributed by atoms with Gasteiger partial charge in [-0.3, -0.25) is 9.59 Å². The number of ketones is 2. The van der Waals surface area contributed by atoms with Crippen LogP contribution in [0.2, 0.25) is 0 Å². The zero-order chi connectivity index (χ0) is 29.2. The molecule has 0 saturated carbocycles. The van der Waals surface area contributed by atoms with Crippen LogP contribution in [0.25, 0.3) is 12.2 Å². The summed E-state index contributed by atoms with van der Waals surface area (Å²) in [6.07, 6.45) is 3.91. The fourth-order valence-corrected chi connectivity index (χ4v) is 4.57. The lowest BCUT2D eigenvalue weighted by Crippen LogP contribution is -2.13. The molecule has 4 nitrogen and oxygen atoms in total. The van der Waals surface area contributed by atoms with Crippen LogP contribution in [0.3, 0.4) is 0 Å². The van der Waals surface area contributed by atoms with Gasteiger partial charge in [0.1, 0.15) is 11.5 Å². The Kier molecular flexibility index (Phi) is 7.84. The van der Waals surface area contributed by atoms with E-state index in [1.54, 1.807) is 60.7 Å². The zero-order valence-electron chi connectivity index (χ0n) is 23.9. The Morgan fingerprint density at radius 2 is 0.800 bits per heavy atom. The predicted octanol–water partition coefficient (Wildman–Crippen LogP) is 8.33. The van der Waals surface area contributed by atoms with Gasteiger partial charge in [-0.05, 0) is 69.5 Å². The first-order chi connectivity index (χ1) is 18.7. The molecular formula is C36H36O4. The average molecular weight is 533 g/mol. The highest BCUT2D eigenvalue weighted by Crippen LogP contribution is 2.33. The minimum absolute atomic E-state index is 0.0930. The third kappa shape index (κ3) is 6.40. The third-order valence-corrected chi connectivity index (χ3v) is 6.95. The molecule has 0 radical (unpaired) electrons. The van der Waals surface area contributed by atoms with Crippen molar-refractivity contribution in [2.45, 2.75) is 52.4 Å². The van der Waals surface area contributed by atoms with E-state index in [4.69, 9.17) is 0 Å². The van der Waals surface area contributed by atoms with Crippen molar-refractivity contribution in [1.29, 1.82) is 0 Å². The van der Waals surface area contributed by atoms with Gasteiger partial charge in [-0.15, -0.1) is 0 Å². The molecule has 0 atom stereocenters. The topological polar surface area (TPSA) is 74.6 Å². The normalized spacial score (nSPS) is 12.1. The fourth-order valence-electron chi connectivity index (χ4n) is 4.57. The van der Waals surface area contributed by atoms with E-state index in [9.17, 15) is 19.8 Å². The summed E-state index contributed by atoms with van der Waals surface area (Å²) < 4.78 is 0. The number of hydrogen-bond acceptors (Lipinski definition) is 4. The molecule has 204 valence electrons. The highest BCUT2D eigenvalue weighted by Gasteiger charge is 2.21. The van der Waals surface area contributed by atoms with Crippen molar-refractivity contribution >= 4 is 23.7 Å². The average Bonchev–Trinajstić information content (AvgIpc) is 2.91. The summed E-state index contributed by atoms with van der Waals surface area (Å²) in [5.74, 6) is 0.197. The van der Waals surface area contributed by atoms with Crippen LogP contribution >= 0.6 is 0 Å². The molecule has 0 bridgehead atoms. The summed E-state index contributed by atoms with van der Waals surface area (Å²) in [5.41, 5.74) is 5.05. The van der Waals surface area contributed by atoms with Gasteiger partial charge in [0.2, 0.25) is 0 Å². The Labute approximate surface area is 236 Å². The molecule has 0 aromatic heterocycles. The van der Waals surface area contributed by atoms with E-state index in [0.717, 1.165) is 22.3 Å². The molecule has 40 heavy (non-hydrogen) atoms. The van der Waals surface area contributed by atoms with Gasteiger partial charge in [0.05, 0.1) is 0 Å². The van der Waals surface area contributed by atoms with E-state index in [1.807, 2.05) is 78.0 Å². The van der Waals surface area contributed by atoms with Crippen LogP contribution in [-0.4, -0.2) is 21.8 Å². The maximum absolute atomic E-state index is 13.1. The molecule has 0 unspecified atom stereocenters. The Morgan fingerprint density at radius 3 is 1.10 bits per heavy atom. The van der Waals surface area contributed by atoms with Gasteiger partial charge in [0.25, 0.3) is 0 Å². The van der Waals surface area contributed by atoms with Crippen LogP contribution in [0.4, 0.5) is 0 Å². The monoisotopic (exact) mass is 532 g/mol. The summed E-state index contributed by atoms with van der Waals surface area (Å²) in [7, 11) is 0. The molecule has 0 aliphatic rings. The van der Waals surface area contributed by atoms with Crippen LogP contribution < -0.4 is 0 Å². The van der Waals surface area contributed by atoms with Crippen molar-refractivity contribution in [1.82, 2.24) is 0 Å². The van der Waals surface area contributed by atoms with Crippen LogP contribution in [0.15, 0.2) is 84.9 Å². The fraction of sp³-hybridized carbons (Fsp3) is 0.222. The maximum atomic E-state index is 13.1. The molecule has 4 heteroatoms. The molecule has 0 spiro atoms. The first kappa shape index (κ1) is 28.6. The van der Waals surface area contributed by atoms with Gasteiger partial charge in [-0.25, -0.2) is 0 Å². The summed E-state index contributed by atoms with van der Waals surface area (Å²) in [4.78, 5) is 26.1. The molecule has 0 amide bonds. The standard InChI is InChI=1S/C36H36O4/c1-35(2,3)29-21-27(17-19-31(29)37)33(39)25-13-9-23(10-14-25)7-8-24-11-15-26(16-12-24)34(40)28-18-20-32(38)30(22-28)36(4,5)6/h7-22,37-38H,1-6H3/b8-7+. The Morgan fingerprint density at radius 1 is 0.500 bits per heavy atom. The van der Waals surface area contributed by atoms with E-state index in [-0.39, 0.29) is 33.9 Å². The second-order valence-electron chi connectivity index (χ2n) is 12.2. The van der Waals surface area contributed by atoms with E-state index in [2.05, 4.69) is 0 Å². The molecule has 2 N–H and O–H groups in total. The minimum atomic E-state index is -0.276. The number of hydrogen-bond donors (Lipinski definition) is 2. The Bertz CT molecular complexity index is 1460. The number of aromatic hydroxyl groups is 2. The maximum Gasteiger partial charge on any atom is 0.193 e. The molecule has 0 aliphatic carbocycles. The van der Waals surface area contributed by atoms with Gasteiger partial charge in [-0.2, -0.15) is 0 Å². The second-order valence-corrected chi connectivity index (χ2v) is 12.2. The van der Waals surface area contributed by atoms with E-state index < -0.39 is 0 Å². The third-order valence-electron chi connectivity index (χ3n) is 6.95. The minimum Gasteiger partial charge on any atom is -0.508 e. The summed E-state index contributed by atoms with van der Waals surface area (Å²) in [5, 5.41) is 20.4. The number of rotatable bonds is 6. The second kappa shape index (κ2) is 11.0. The molecule has 0 aliphatic heterocycles. The van der Waals surface area contributed by atoms with Crippen LogP contribution in [0, 0.1) is 0 Å². The smallest absolute Gasteiger partial charge is 0.193 e. The largest absolute Gasteiger partial charge is 0.508 e. The van der Waals surface area contributed by atoms with Gasteiger partial charge in [-0.1, -0.05) is 102 Å². The lowest BCUT2D eigenvalue weighted by Gasteiger charge is -2.21. The van der Waals surface area contributed by atoms with Gasteiger partial charge in [0.15, 0.2) is 11.6 Å². The number of phenols is 2. The van der Waals surface area contributed by atoms with E-state index >= 15 is 0 Å². The first-order valence-electron chi connectivity index (χ1n) is 13.4. The van der Waals surface area contributed by atoms with Gasteiger partial charge >= 0.3 is 0 Å². The SMILES string of the molecule is CC(C)(C)c1cc(C(=O)c2ccc(/C=C/c3ccc(C(=O)c4ccc(O)c(C(C)(C)C)c4)cc3)cc2)ccc1O. The van der Waals surface area contributed by atoms with Crippen molar-refractivity contribution in [2.24, 2.45) is 0 Å². The number of carbonyl (C=O) groups excluding carboxylic acids is 2. The van der Waals surface area contributed by atoms with Gasteiger partial charge in [0, 0.05) is 22.3 Å². The van der Waals surface area contributed by atoms with Crippen molar-refractivity contribution < 1.29 is 19.8 Å². The quantitative estimate of drug-likeness (QED) is 0.193. The summed E-state index contributed by atoms with van der Waals surface area (Å²) in [6, 6.07) is 24.8. The Balaban J connectivity index is 1.46. The molecular weight excluding hydrogens is 496 g/mol. The highest BCUT2D eigenvalue weighted by molar-refractivity contribution is 6.10. The lowest BCUT2D eigenvalue weighted by molar-refractivity contribution is 0.103. The Hall–Kier alpha value is -4.44. The molecule has 0 saturated heterocycles. The summed E-state index contributed by atoms with van der Waals surface area (Å²) in [6.45, 7) is 12.0. The van der Waals surface area contributed by atoms with Crippen molar-refractivity contribution in [3.8, 4) is 11.5 Å². The highest BCUT2D eigenvalue weighted by atomic mass is 16.3. The molecule has 4 aromatic rings. The zero-order valence-corrected chi connectivity index (χ0v) is 23.9. The molecule has 4 aromatic carbocycles. The van der Waals surface area contributed by atoms with Gasteiger partial charge < -0.3 is 10.2 Å². The number of carbonyl (C=O) groups is 2. The van der Waals surface area contributed by atoms with E-state index in [1.165, 1.54) is 0 Å².